The smallest absolute Gasteiger partial charge is 0.417 e. The third-order valence-corrected chi connectivity index (χ3v) is 12.4. The van der Waals surface area contributed by atoms with Gasteiger partial charge in [-0.25, -0.2) is 4.39 Å². The number of aliphatic hydroxyl groups excluding tert-OH is 1. The predicted molar refractivity (Wildman–Crippen MR) is 252 cm³/mol. The fraction of sp³-hybridized carbons (Fsp3) is 0.392. The van der Waals surface area contributed by atoms with Gasteiger partial charge in [0.05, 0.1) is 46.3 Å². The molecule has 1 fully saturated rings. The van der Waals surface area contributed by atoms with E-state index in [0.29, 0.717) is 30.8 Å². The Hall–Kier alpha value is -6.35. The Balaban J connectivity index is 0.927. The minimum Gasteiger partial charge on any atom is -0.494 e. The molecule has 1 unspecified atom stereocenters. The van der Waals surface area contributed by atoms with Crippen LogP contribution in [0.4, 0.5) is 23.2 Å². The number of benzene rings is 4. The van der Waals surface area contributed by atoms with Crippen LogP contribution in [0.5, 0.6) is 5.75 Å². The van der Waals surface area contributed by atoms with Gasteiger partial charge in [-0.3, -0.25) is 19.4 Å². The first-order chi connectivity index (χ1) is 32.3. The molecular weight excluding hydrogens is 901 g/mol. The predicted octanol–water partition coefficient (Wildman–Crippen LogP) is 9.30. The number of likely N-dealkylation sites (tertiary alicyclic amines) is 1. The van der Waals surface area contributed by atoms with E-state index in [2.05, 4.69) is 20.9 Å². The zero-order valence-electron chi connectivity index (χ0n) is 38.5. The number of nitriles is 1. The number of anilines is 1. The third-order valence-electron chi connectivity index (χ3n) is 11.6. The van der Waals surface area contributed by atoms with Crippen molar-refractivity contribution in [2.45, 2.75) is 90.8 Å². The minimum atomic E-state index is -4.72. The summed E-state index contributed by atoms with van der Waals surface area (Å²) in [5.41, 5.74) is 3.10. The molecule has 4 aromatic carbocycles. The van der Waals surface area contributed by atoms with E-state index in [1.165, 1.54) is 28.4 Å². The summed E-state index contributed by atoms with van der Waals surface area (Å²) in [6, 6.07) is 21.9. The quantitative estimate of drug-likeness (QED) is 0.0466. The number of nitrogens with one attached hydrogen (secondary N) is 3. The van der Waals surface area contributed by atoms with Gasteiger partial charge in [0, 0.05) is 43.6 Å². The van der Waals surface area contributed by atoms with Crippen molar-refractivity contribution in [2.75, 3.05) is 31.7 Å². The SMILES string of the molecule is CC(C)C(Nc1ccc(C#N)c(C(F)(F)F)c1)c1ccc(-c2ccc(OCCCCOCC(=O)N[C@H](C(=O)N3C[C@H](O)C[C@H]3C(=O)NCc3ccc(-c4cncs4)cc3)C(C)(C)C)cc2)cc1F. The highest BCUT2D eigenvalue weighted by Crippen LogP contribution is 2.37. The number of nitrogens with zero attached hydrogens (tertiary/aromatic N) is 3. The number of β-amino-alcohol motifs (C(OH)–C–C–N with tert-alkyl or cyclic N) is 1. The van der Waals surface area contributed by atoms with Crippen molar-refractivity contribution < 1.29 is 46.5 Å². The van der Waals surface area contributed by atoms with Crippen LogP contribution in [0.2, 0.25) is 0 Å². The molecule has 1 aliphatic rings. The third kappa shape index (κ3) is 13.4. The molecule has 0 bridgehead atoms. The standard InChI is InChI=1S/C51H56F4N6O6S/c1-31(2)46(59-37-16-12-36(25-56)41(23-37)51(53,54)55)40-19-15-35(22-42(40)52)33-13-17-39(18-14-33)67-21-7-6-20-66-29-45(63)60-47(50(3,4)5)49(65)61-28-38(62)24-43(61)48(64)58-26-32-8-10-34(11-9-32)44-27-57-30-68-44/h8-19,22-23,27,30-31,38,43,46-47,59,62H,6-7,20-21,24,26,28-29H2,1-5H3,(H,58,64)(H,60,63)/t38-,43+,46?,47-/m1/s1. The minimum absolute atomic E-state index is 0.0378. The van der Waals surface area contributed by atoms with Crippen molar-refractivity contribution in [3.05, 3.63) is 125 Å². The molecule has 360 valence electrons. The number of rotatable bonds is 19. The number of aliphatic hydroxyl groups is 1. The summed E-state index contributed by atoms with van der Waals surface area (Å²) in [7, 11) is 0. The Kier molecular flexibility index (Phi) is 17.0. The maximum absolute atomic E-state index is 15.6. The van der Waals surface area contributed by atoms with Gasteiger partial charge >= 0.3 is 6.18 Å². The van der Waals surface area contributed by atoms with Crippen LogP contribution < -0.4 is 20.7 Å². The fourth-order valence-electron chi connectivity index (χ4n) is 7.89. The summed E-state index contributed by atoms with van der Waals surface area (Å²) >= 11 is 1.53. The lowest BCUT2D eigenvalue weighted by Crippen LogP contribution is -2.58. The number of amides is 3. The molecule has 4 N–H and O–H groups in total. The van der Waals surface area contributed by atoms with E-state index in [1.807, 2.05) is 58.9 Å². The Morgan fingerprint density at radius 3 is 2.26 bits per heavy atom. The zero-order chi connectivity index (χ0) is 49.2. The normalized spacial score (nSPS) is 15.9. The van der Waals surface area contributed by atoms with Crippen molar-refractivity contribution in [2.24, 2.45) is 11.3 Å². The topological polar surface area (TPSA) is 166 Å². The molecule has 1 aliphatic heterocycles. The number of halogens is 4. The van der Waals surface area contributed by atoms with Crippen LogP contribution in [0.25, 0.3) is 21.6 Å². The second-order valence-electron chi connectivity index (χ2n) is 18.1. The molecule has 68 heavy (non-hydrogen) atoms. The second-order valence-corrected chi connectivity index (χ2v) is 19.0. The molecule has 2 heterocycles. The summed E-state index contributed by atoms with van der Waals surface area (Å²) in [6.45, 7) is 9.63. The number of thiazole rings is 1. The highest BCUT2D eigenvalue weighted by molar-refractivity contribution is 7.13. The number of aromatic nitrogens is 1. The van der Waals surface area contributed by atoms with Crippen LogP contribution >= 0.6 is 11.3 Å². The van der Waals surface area contributed by atoms with Gasteiger partial charge in [-0.2, -0.15) is 18.4 Å². The summed E-state index contributed by atoms with van der Waals surface area (Å²) in [5, 5.41) is 28.4. The fourth-order valence-corrected chi connectivity index (χ4v) is 8.52. The van der Waals surface area contributed by atoms with Gasteiger partial charge in [0.25, 0.3) is 0 Å². The van der Waals surface area contributed by atoms with Crippen LogP contribution in [0.15, 0.2) is 96.6 Å². The number of ether oxygens (including phenoxy) is 2. The molecule has 0 aliphatic carbocycles. The van der Waals surface area contributed by atoms with Crippen molar-refractivity contribution in [1.82, 2.24) is 20.5 Å². The average molecular weight is 957 g/mol. The van der Waals surface area contributed by atoms with E-state index in [0.717, 1.165) is 33.7 Å². The molecule has 17 heteroatoms. The van der Waals surface area contributed by atoms with Crippen molar-refractivity contribution in [1.29, 1.82) is 5.26 Å². The van der Waals surface area contributed by atoms with E-state index in [4.69, 9.17) is 14.7 Å². The highest BCUT2D eigenvalue weighted by Gasteiger charge is 2.44. The number of alkyl halides is 3. The Bertz CT molecular complexity index is 2540. The highest BCUT2D eigenvalue weighted by atomic mass is 32.1. The van der Waals surface area contributed by atoms with Gasteiger partial charge in [0.15, 0.2) is 0 Å². The van der Waals surface area contributed by atoms with Crippen LogP contribution in [0, 0.1) is 28.5 Å². The van der Waals surface area contributed by atoms with Gasteiger partial charge in [0.2, 0.25) is 17.7 Å². The number of hydrogen-bond acceptors (Lipinski definition) is 10. The van der Waals surface area contributed by atoms with Gasteiger partial charge in [-0.1, -0.05) is 83.1 Å². The number of carbonyl (C=O) groups excluding carboxylic acids is 3. The first-order valence-corrected chi connectivity index (χ1v) is 23.2. The first kappa shape index (κ1) is 51.0. The Morgan fingerprint density at radius 1 is 0.941 bits per heavy atom. The molecule has 1 aromatic heterocycles. The average Bonchev–Trinajstić information content (AvgIpc) is 3.99. The Morgan fingerprint density at radius 2 is 1.63 bits per heavy atom. The van der Waals surface area contributed by atoms with Gasteiger partial charge < -0.3 is 35.4 Å². The molecule has 4 atom stereocenters. The summed E-state index contributed by atoms with van der Waals surface area (Å²) in [4.78, 5) is 46.9. The van der Waals surface area contributed by atoms with Crippen LogP contribution in [0.3, 0.4) is 0 Å². The van der Waals surface area contributed by atoms with Gasteiger partial charge in [-0.05, 0) is 82.8 Å². The van der Waals surface area contributed by atoms with E-state index in [-0.39, 0.29) is 49.9 Å². The van der Waals surface area contributed by atoms with Crippen LogP contribution in [-0.4, -0.2) is 77.3 Å². The first-order valence-electron chi connectivity index (χ1n) is 22.3. The molecule has 12 nitrogen and oxygen atoms in total. The molecule has 3 amide bonds. The molecule has 1 saturated heterocycles. The second kappa shape index (κ2) is 22.6. The number of hydrogen-bond donors (Lipinski definition) is 4. The monoisotopic (exact) mass is 956 g/mol. The Labute approximate surface area is 397 Å². The molecular formula is C51H56F4N6O6S. The lowest BCUT2D eigenvalue weighted by molar-refractivity contribution is -0.144. The summed E-state index contributed by atoms with van der Waals surface area (Å²) in [6.07, 6.45) is -2.55. The lowest BCUT2D eigenvalue weighted by Gasteiger charge is -2.35. The van der Waals surface area contributed by atoms with Gasteiger partial charge in [0.1, 0.15) is 30.3 Å². The maximum atomic E-state index is 15.6. The van der Waals surface area contributed by atoms with Gasteiger partial charge in [-0.15, -0.1) is 11.3 Å². The van der Waals surface area contributed by atoms with E-state index in [1.54, 1.807) is 54.2 Å². The number of unbranched alkanes of at least 4 members (excludes halogenated alkanes) is 1. The molecule has 6 rings (SSSR count). The molecule has 0 saturated carbocycles. The maximum Gasteiger partial charge on any atom is 0.417 e. The molecule has 5 aromatic rings. The lowest BCUT2D eigenvalue weighted by atomic mass is 9.85. The number of carbonyl (C=O) groups is 3. The molecule has 0 spiro atoms. The summed E-state index contributed by atoms with van der Waals surface area (Å²) < 4.78 is 67.9. The molecule has 0 radical (unpaired) electrons. The van der Waals surface area contributed by atoms with Crippen molar-refractivity contribution in [3.8, 4) is 33.4 Å². The zero-order valence-corrected chi connectivity index (χ0v) is 39.3. The van der Waals surface area contributed by atoms with E-state index >= 15 is 4.39 Å². The van der Waals surface area contributed by atoms with E-state index in [9.17, 15) is 32.7 Å². The summed E-state index contributed by atoms with van der Waals surface area (Å²) in [5.74, 6) is -1.48. The van der Waals surface area contributed by atoms with Crippen molar-refractivity contribution >= 4 is 34.7 Å². The van der Waals surface area contributed by atoms with E-state index < -0.39 is 70.5 Å². The largest absolute Gasteiger partial charge is 0.494 e. The van der Waals surface area contributed by atoms with Crippen LogP contribution in [-0.2, 0) is 31.8 Å². The van der Waals surface area contributed by atoms with Crippen molar-refractivity contribution in [3.63, 3.8) is 0 Å². The van der Waals surface area contributed by atoms with Crippen LogP contribution in [0.1, 0.15) is 82.2 Å².